The molecule has 0 aliphatic heterocycles. The second kappa shape index (κ2) is 20.6. The Morgan fingerprint density at radius 2 is 1.08 bits per heavy atom. The minimum Gasteiger partial charge on any atom is -0.476 e. The van der Waals surface area contributed by atoms with Crippen LogP contribution in [0, 0.1) is 5.82 Å². The van der Waals surface area contributed by atoms with Crippen LogP contribution in [-0.2, 0) is 11.2 Å². The van der Waals surface area contributed by atoms with E-state index in [1.807, 2.05) is 22.7 Å². The van der Waals surface area contributed by atoms with Gasteiger partial charge in [0, 0.05) is 60.9 Å². The molecule has 73 heavy (non-hydrogen) atoms. The first-order valence-corrected chi connectivity index (χ1v) is 21.3. The van der Waals surface area contributed by atoms with Crippen molar-refractivity contribution in [3.63, 3.8) is 0 Å². The molecule has 0 aromatic carbocycles. The molecule has 364 valence electrons. The van der Waals surface area contributed by atoms with Crippen LogP contribution in [0.25, 0.3) is 51.3 Å². The molecule has 0 spiro atoms. The van der Waals surface area contributed by atoms with Crippen molar-refractivity contribution < 1.29 is 28.6 Å². The third-order valence-corrected chi connectivity index (χ3v) is 10.3. The first-order valence-electron chi connectivity index (χ1n) is 20.9. The van der Waals surface area contributed by atoms with Gasteiger partial charge in [-0.15, -0.1) is 14.4 Å². The molecule has 28 nitrogen and oxygen atoms in total. The SMILES string of the molecule is COC(=O)c1nc(Cl)c(-n2nccn2)nc1N.Nc1nc(-n2nccn2)c(-c2ccc3nccn3c2)nc1C(=O)CCc1ncccc1F.Nc1nc(-n2nccn2)c(-c2ccc3nccn3c2)nc1C(=O)O. The van der Waals surface area contributed by atoms with E-state index >= 15 is 0 Å². The number of hydrogen-bond acceptors (Lipinski definition) is 22. The van der Waals surface area contributed by atoms with E-state index in [1.165, 1.54) is 72.2 Å². The smallest absolute Gasteiger partial charge is 0.360 e. The number of methoxy groups -OCH3 is 1. The van der Waals surface area contributed by atoms with E-state index < -0.39 is 17.8 Å². The van der Waals surface area contributed by atoms with Crippen molar-refractivity contribution in [1.29, 1.82) is 0 Å². The zero-order valence-electron chi connectivity index (χ0n) is 37.4. The van der Waals surface area contributed by atoms with Gasteiger partial charge in [-0.2, -0.15) is 30.6 Å². The molecule has 0 fully saturated rings. The van der Waals surface area contributed by atoms with Gasteiger partial charge in [0.2, 0.25) is 17.5 Å². The van der Waals surface area contributed by atoms with E-state index in [0.29, 0.717) is 22.5 Å². The van der Waals surface area contributed by atoms with Crippen LogP contribution in [0.2, 0.25) is 5.15 Å². The normalized spacial score (nSPS) is 10.9. The Labute approximate surface area is 412 Å². The number of nitrogen functional groups attached to an aromatic ring is 3. The molecule has 11 aromatic heterocycles. The fourth-order valence-corrected chi connectivity index (χ4v) is 6.95. The van der Waals surface area contributed by atoms with Gasteiger partial charge in [0.25, 0.3) is 0 Å². The highest BCUT2D eigenvalue weighted by Gasteiger charge is 2.24. The van der Waals surface area contributed by atoms with Crippen molar-refractivity contribution >= 4 is 58.1 Å². The molecular formula is C43H33ClFN23O5. The molecule has 7 N–H and O–H groups in total. The number of aromatic carboxylic acids is 1. The molecule has 0 saturated carbocycles. The number of rotatable bonds is 11. The van der Waals surface area contributed by atoms with E-state index in [9.17, 15) is 23.9 Å². The number of nitrogens with zero attached hydrogens (tertiary/aromatic N) is 20. The zero-order valence-corrected chi connectivity index (χ0v) is 38.2. The zero-order chi connectivity index (χ0) is 51.2. The first kappa shape index (κ1) is 47.5. The van der Waals surface area contributed by atoms with Crippen molar-refractivity contribution in [1.82, 2.24) is 98.6 Å². The largest absolute Gasteiger partial charge is 0.476 e. The number of ketones is 1. The molecule has 0 unspecified atom stereocenters. The molecule has 0 saturated heterocycles. The van der Waals surface area contributed by atoms with Crippen LogP contribution in [0.1, 0.15) is 43.6 Å². The quantitative estimate of drug-likeness (QED) is 0.107. The number of Topliss-reactive ketones (excluding diaryl/α,β-unsaturated/α-hetero) is 1. The van der Waals surface area contributed by atoms with E-state index in [2.05, 4.69) is 80.2 Å². The number of hydrogen-bond donors (Lipinski definition) is 4. The number of aromatic nitrogens is 20. The molecule has 11 aromatic rings. The predicted octanol–water partition coefficient (Wildman–Crippen LogP) is 3.04. The van der Waals surface area contributed by atoms with Crippen molar-refractivity contribution in [2.75, 3.05) is 24.3 Å². The van der Waals surface area contributed by atoms with Crippen molar-refractivity contribution in [3.8, 4) is 40.0 Å². The summed E-state index contributed by atoms with van der Waals surface area (Å²) in [4.78, 5) is 76.5. The monoisotopic (exact) mass is 1010 g/mol. The fourth-order valence-electron chi connectivity index (χ4n) is 6.75. The summed E-state index contributed by atoms with van der Waals surface area (Å²) in [7, 11) is 1.21. The topological polar surface area (TPSA) is 376 Å². The summed E-state index contributed by atoms with van der Waals surface area (Å²) >= 11 is 5.86. The number of carboxylic acids is 1. The summed E-state index contributed by atoms with van der Waals surface area (Å²) in [6, 6.07) is 9.98. The first-order chi connectivity index (χ1) is 35.4. The number of aryl methyl sites for hydroxylation is 1. The highest BCUT2D eigenvalue weighted by molar-refractivity contribution is 6.31. The minimum absolute atomic E-state index is 0.00188. The van der Waals surface area contributed by atoms with E-state index in [4.69, 9.17) is 28.8 Å². The van der Waals surface area contributed by atoms with Gasteiger partial charge in [0.05, 0.1) is 50.0 Å². The summed E-state index contributed by atoms with van der Waals surface area (Å²) in [5.41, 5.74) is 20.6. The third kappa shape index (κ3) is 10.1. The van der Waals surface area contributed by atoms with Crippen LogP contribution in [0.3, 0.4) is 0 Å². The predicted molar refractivity (Wildman–Crippen MR) is 253 cm³/mol. The van der Waals surface area contributed by atoms with E-state index in [-0.39, 0.29) is 81.5 Å². The summed E-state index contributed by atoms with van der Waals surface area (Å²) < 4.78 is 22.0. The Balaban J connectivity index is 0.000000142. The summed E-state index contributed by atoms with van der Waals surface area (Å²) in [5.74, 6) is -2.52. The number of carbonyl (C=O) groups excluding carboxylic acids is 2. The van der Waals surface area contributed by atoms with Gasteiger partial charge in [-0.25, -0.2) is 53.9 Å². The Morgan fingerprint density at radius 1 is 0.603 bits per heavy atom. The summed E-state index contributed by atoms with van der Waals surface area (Å²) in [5, 5.41) is 33.2. The number of anilines is 3. The standard InChI is InChI=1S/C21H16FN9O.C14H10N8O2.C8H7ClN6O2/c22-14-2-1-7-24-15(14)4-5-16(32)19-20(23)29-21(31-26-8-9-27-31)18(28-19)13-3-6-17-25-10-11-30(17)12-13;15-12-11(14(23)24)19-10(13(20-12)22-17-3-4-18-22)8-1-2-9-16-5-6-21(9)7-8;1-17-8(16)4-6(10)14-7(5(9)13-4)15-11-2-3-12-15/h1-3,6-12H,4-5H2,(H2,23,29);1-7H,(H2,15,20)(H,23,24);2-3H,1H3,(H2,10,14). The van der Waals surface area contributed by atoms with Crippen LogP contribution in [-0.4, -0.2) is 129 Å². The molecule has 0 aliphatic carbocycles. The molecular weight excluding hydrogens is 973 g/mol. The maximum atomic E-state index is 13.9. The number of ether oxygens (including phenoxy) is 1. The van der Waals surface area contributed by atoms with Crippen LogP contribution in [0.5, 0.6) is 0 Å². The number of pyridine rings is 3. The van der Waals surface area contributed by atoms with Gasteiger partial charge < -0.3 is 35.8 Å². The molecule has 30 heteroatoms. The maximum absolute atomic E-state index is 13.9. The van der Waals surface area contributed by atoms with Crippen LogP contribution in [0.15, 0.2) is 117 Å². The molecule has 0 atom stereocenters. The van der Waals surface area contributed by atoms with Gasteiger partial charge in [0.1, 0.15) is 34.2 Å². The van der Waals surface area contributed by atoms with Gasteiger partial charge >= 0.3 is 11.9 Å². The number of esters is 1. The Morgan fingerprint density at radius 3 is 1.59 bits per heavy atom. The highest BCUT2D eigenvalue weighted by Crippen LogP contribution is 2.28. The lowest BCUT2D eigenvalue weighted by Crippen LogP contribution is -2.15. The van der Waals surface area contributed by atoms with Gasteiger partial charge in [-0.05, 0) is 42.8 Å². The molecule has 0 aliphatic rings. The van der Waals surface area contributed by atoms with E-state index in [0.717, 1.165) is 16.1 Å². The molecule has 11 rings (SSSR count). The number of nitrogens with two attached hydrogens (primary N) is 3. The number of fused-ring (bicyclic) bond motifs is 2. The van der Waals surface area contributed by atoms with Crippen LogP contribution in [0.4, 0.5) is 21.8 Å². The Bertz CT molecular complexity index is 3790. The number of carbonyl (C=O) groups is 3. The Kier molecular flexibility index (Phi) is 13.4. The summed E-state index contributed by atoms with van der Waals surface area (Å²) in [6.45, 7) is 0. The van der Waals surface area contributed by atoms with Crippen molar-refractivity contribution in [2.24, 2.45) is 0 Å². The lowest BCUT2D eigenvalue weighted by Gasteiger charge is -2.12. The highest BCUT2D eigenvalue weighted by atomic mass is 35.5. The van der Waals surface area contributed by atoms with Gasteiger partial charge in [-0.1, -0.05) is 11.6 Å². The molecule has 0 amide bonds. The van der Waals surface area contributed by atoms with Crippen molar-refractivity contribution in [3.05, 3.63) is 151 Å². The number of carboxylic acid groups (broad SMARTS) is 1. The lowest BCUT2D eigenvalue weighted by molar-refractivity contribution is 0.0593. The maximum Gasteiger partial charge on any atom is 0.360 e. The second-order valence-corrected chi connectivity index (χ2v) is 15.0. The number of imidazole rings is 2. The molecule has 0 radical (unpaired) electrons. The van der Waals surface area contributed by atoms with Crippen molar-refractivity contribution in [2.45, 2.75) is 12.8 Å². The lowest BCUT2D eigenvalue weighted by atomic mass is 10.1. The third-order valence-electron chi connectivity index (χ3n) is 10.1. The Hall–Kier alpha value is -10.6. The van der Waals surface area contributed by atoms with Crippen LogP contribution >= 0.6 is 11.6 Å². The second-order valence-electron chi connectivity index (χ2n) is 14.7. The molecule has 0 bridgehead atoms. The summed E-state index contributed by atoms with van der Waals surface area (Å²) in [6.07, 6.45) is 20.9. The van der Waals surface area contributed by atoms with Crippen LogP contribution < -0.4 is 17.2 Å². The average Bonchev–Trinajstić information content (AvgIpc) is 4.27. The molecule has 11 heterocycles. The van der Waals surface area contributed by atoms with Gasteiger partial charge in [-0.3, -0.25) is 9.78 Å². The average molecular weight is 1010 g/mol. The minimum atomic E-state index is -1.26. The van der Waals surface area contributed by atoms with E-state index in [1.54, 1.807) is 47.5 Å². The van der Waals surface area contributed by atoms with Gasteiger partial charge in [0.15, 0.2) is 39.8 Å². The number of halogens is 2. The fraction of sp³-hybridized carbons (Fsp3) is 0.0698.